The first-order chi connectivity index (χ1) is 10.8. The monoisotopic (exact) mass is 308 g/mol. The molecule has 0 radical (unpaired) electrons. The van der Waals surface area contributed by atoms with E-state index in [4.69, 9.17) is 0 Å². The van der Waals surface area contributed by atoms with Crippen molar-refractivity contribution in [2.24, 2.45) is 0 Å². The van der Waals surface area contributed by atoms with Crippen LogP contribution in [0.15, 0.2) is 5.57 Å². The Hall–Kier alpha value is -0.550. The third-order valence-corrected chi connectivity index (χ3v) is 4.58. The lowest BCUT2D eigenvalue weighted by Gasteiger charge is -2.03. The van der Waals surface area contributed by atoms with E-state index < -0.39 is 0 Å². The second-order valence-electron chi connectivity index (χ2n) is 6.94. The van der Waals surface area contributed by atoms with Crippen LogP contribution in [-0.2, 0) is 4.79 Å². The van der Waals surface area contributed by atoms with Crippen molar-refractivity contribution < 1.29 is 4.79 Å². The predicted octanol–water partition coefficient (Wildman–Crippen LogP) is 7.42. The molecule has 0 saturated heterocycles. The van der Waals surface area contributed by atoms with E-state index in [2.05, 4.69) is 6.92 Å². The van der Waals surface area contributed by atoms with Crippen LogP contribution >= 0.6 is 0 Å². The summed E-state index contributed by atoms with van der Waals surface area (Å²) < 4.78 is 0. The highest BCUT2D eigenvalue weighted by Crippen LogP contribution is 2.14. The van der Waals surface area contributed by atoms with Gasteiger partial charge in [0.2, 0.25) is 0 Å². The summed E-state index contributed by atoms with van der Waals surface area (Å²) in [5, 5.41) is 0. The van der Waals surface area contributed by atoms with Gasteiger partial charge in [-0.15, -0.1) is 0 Å². The summed E-state index contributed by atoms with van der Waals surface area (Å²) in [7, 11) is 0. The van der Waals surface area contributed by atoms with Gasteiger partial charge in [0.05, 0.1) is 0 Å². The fourth-order valence-electron chi connectivity index (χ4n) is 2.99. The molecular formula is C21H40O. The van der Waals surface area contributed by atoms with Crippen LogP contribution in [0.3, 0.4) is 0 Å². The molecule has 0 amide bonds. The molecule has 0 bridgehead atoms. The van der Waals surface area contributed by atoms with Crippen LogP contribution < -0.4 is 0 Å². The Labute approximate surface area is 140 Å². The minimum Gasteiger partial charge on any atom is -0.234 e. The zero-order valence-electron chi connectivity index (χ0n) is 15.4. The number of rotatable bonds is 17. The number of hydrogen-bond acceptors (Lipinski definition) is 1. The Morgan fingerprint density at radius 2 is 0.909 bits per heavy atom. The quantitative estimate of drug-likeness (QED) is 0.202. The number of hydrogen-bond donors (Lipinski definition) is 0. The van der Waals surface area contributed by atoms with Gasteiger partial charge >= 0.3 is 0 Å². The van der Waals surface area contributed by atoms with Gasteiger partial charge in [-0.05, 0) is 19.8 Å². The average molecular weight is 309 g/mol. The predicted molar refractivity (Wildman–Crippen MR) is 99.0 cm³/mol. The molecular weight excluding hydrogens is 268 g/mol. The fraction of sp³-hybridized carbons (Fsp3) is 0.905. The third-order valence-electron chi connectivity index (χ3n) is 4.58. The molecule has 0 aromatic carbocycles. The van der Waals surface area contributed by atoms with Gasteiger partial charge in [0.1, 0.15) is 5.94 Å². The van der Waals surface area contributed by atoms with Gasteiger partial charge < -0.3 is 0 Å². The molecule has 0 heterocycles. The zero-order valence-corrected chi connectivity index (χ0v) is 15.4. The van der Waals surface area contributed by atoms with E-state index in [0.717, 1.165) is 12.0 Å². The first kappa shape index (κ1) is 21.4. The highest BCUT2D eigenvalue weighted by atomic mass is 16.1. The Kier molecular flexibility index (Phi) is 18.0. The summed E-state index contributed by atoms with van der Waals surface area (Å²) in [6.07, 6.45) is 23.3. The largest absolute Gasteiger partial charge is 0.234 e. The Morgan fingerprint density at radius 3 is 1.23 bits per heavy atom. The van der Waals surface area contributed by atoms with E-state index in [1.165, 1.54) is 103 Å². The van der Waals surface area contributed by atoms with Gasteiger partial charge in [0.15, 0.2) is 0 Å². The van der Waals surface area contributed by atoms with Gasteiger partial charge in [0, 0.05) is 5.57 Å². The average Bonchev–Trinajstić information content (AvgIpc) is 2.54. The SMILES string of the molecule is CCCCCCCCCCCCCCCCCCC(C)=C=O. The van der Waals surface area contributed by atoms with Crippen molar-refractivity contribution in [1.82, 2.24) is 0 Å². The molecule has 0 aliphatic carbocycles. The van der Waals surface area contributed by atoms with E-state index >= 15 is 0 Å². The Morgan fingerprint density at radius 1 is 0.591 bits per heavy atom. The topological polar surface area (TPSA) is 17.1 Å². The molecule has 0 N–H and O–H groups in total. The molecule has 0 fully saturated rings. The number of unbranched alkanes of at least 4 members (excludes halogenated alkanes) is 15. The molecule has 0 atom stereocenters. The molecule has 0 aliphatic heterocycles. The molecule has 0 aromatic rings. The van der Waals surface area contributed by atoms with Crippen molar-refractivity contribution >= 4 is 5.94 Å². The van der Waals surface area contributed by atoms with Crippen molar-refractivity contribution in [3.63, 3.8) is 0 Å². The van der Waals surface area contributed by atoms with Crippen molar-refractivity contribution in [1.29, 1.82) is 0 Å². The van der Waals surface area contributed by atoms with Gasteiger partial charge in [-0.25, -0.2) is 4.79 Å². The fourth-order valence-corrected chi connectivity index (χ4v) is 2.99. The number of carbonyl (C=O) groups excluding carboxylic acids is 1. The molecule has 0 aliphatic rings. The molecule has 1 nitrogen and oxygen atoms in total. The third kappa shape index (κ3) is 17.5. The summed E-state index contributed by atoms with van der Waals surface area (Å²) in [4.78, 5) is 10.3. The second-order valence-corrected chi connectivity index (χ2v) is 6.94. The standard InChI is InChI=1S/C21H40O/c1-3-4-5-6-7-8-9-10-11-12-13-14-15-16-17-18-19-21(2)20-22/h3-19H2,1-2H3. The highest BCUT2D eigenvalue weighted by Gasteiger charge is 1.95. The Balaban J connectivity index is 3.01. The molecule has 0 unspecified atom stereocenters. The second kappa shape index (κ2) is 18.5. The minimum atomic E-state index is 0.880. The van der Waals surface area contributed by atoms with Crippen LogP contribution in [0.25, 0.3) is 0 Å². The highest BCUT2D eigenvalue weighted by molar-refractivity contribution is 5.50. The molecule has 1 heteroatoms. The maximum Gasteiger partial charge on any atom is 0.123 e. The van der Waals surface area contributed by atoms with Gasteiger partial charge in [-0.3, -0.25) is 0 Å². The summed E-state index contributed by atoms with van der Waals surface area (Å²) in [5.74, 6) is 1.98. The summed E-state index contributed by atoms with van der Waals surface area (Å²) >= 11 is 0. The normalized spacial score (nSPS) is 10.6. The zero-order chi connectivity index (χ0) is 16.3. The van der Waals surface area contributed by atoms with Gasteiger partial charge in [-0.1, -0.05) is 103 Å². The summed E-state index contributed by atoms with van der Waals surface area (Å²) in [6.45, 7) is 4.17. The molecule has 130 valence electrons. The Bertz CT molecular complexity index is 263. The molecule has 22 heavy (non-hydrogen) atoms. The molecule has 0 saturated carbocycles. The van der Waals surface area contributed by atoms with E-state index in [1.54, 1.807) is 0 Å². The molecule has 0 spiro atoms. The molecule has 0 aromatic heterocycles. The minimum absolute atomic E-state index is 0.880. The van der Waals surface area contributed by atoms with Crippen molar-refractivity contribution in [3.8, 4) is 0 Å². The van der Waals surface area contributed by atoms with Crippen LogP contribution in [0.4, 0.5) is 0 Å². The van der Waals surface area contributed by atoms with E-state index in [0.29, 0.717) is 0 Å². The lowest BCUT2D eigenvalue weighted by atomic mass is 10.0. The summed E-state index contributed by atoms with van der Waals surface area (Å²) in [5.41, 5.74) is 0.880. The van der Waals surface area contributed by atoms with Gasteiger partial charge in [-0.2, -0.15) is 0 Å². The maximum atomic E-state index is 10.3. The first-order valence-electron chi connectivity index (χ1n) is 10.0. The first-order valence-corrected chi connectivity index (χ1v) is 10.0. The molecule has 0 rings (SSSR count). The number of allylic oxidation sites excluding steroid dienone is 1. The van der Waals surface area contributed by atoms with Crippen LogP contribution in [0, 0.1) is 0 Å². The van der Waals surface area contributed by atoms with E-state index in [1.807, 2.05) is 12.9 Å². The van der Waals surface area contributed by atoms with Crippen LogP contribution in [0.1, 0.15) is 123 Å². The smallest absolute Gasteiger partial charge is 0.123 e. The lowest BCUT2D eigenvalue weighted by molar-refractivity contribution is 0.529. The van der Waals surface area contributed by atoms with Gasteiger partial charge in [0.25, 0.3) is 0 Å². The lowest BCUT2D eigenvalue weighted by Crippen LogP contribution is -1.84. The van der Waals surface area contributed by atoms with Crippen molar-refractivity contribution in [2.75, 3.05) is 0 Å². The van der Waals surface area contributed by atoms with Crippen molar-refractivity contribution in [3.05, 3.63) is 5.57 Å². The van der Waals surface area contributed by atoms with Crippen LogP contribution in [-0.4, -0.2) is 5.94 Å². The summed E-state index contributed by atoms with van der Waals surface area (Å²) in [6, 6.07) is 0. The van der Waals surface area contributed by atoms with E-state index in [9.17, 15) is 4.79 Å². The van der Waals surface area contributed by atoms with E-state index in [-0.39, 0.29) is 0 Å². The van der Waals surface area contributed by atoms with Crippen LogP contribution in [0.2, 0.25) is 0 Å². The van der Waals surface area contributed by atoms with Crippen molar-refractivity contribution in [2.45, 2.75) is 123 Å². The van der Waals surface area contributed by atoms with Crippen LogP contribution in [0.5, 0.6) is 0 Å². The maximum absolute atomic E-state index is 10.3.